The van der Waals surface area contributed by atoms with Crippen molar-refractivity contribution in [1.82, 2.24) is 15.0 Å². The number of benzene rings is 2. The van der Waals surface area contributed by atoms with Gasteiger partial charge in [-0.2, -0.15) is 0 Å². The summed E-state index contributed by atoms with van der Waals surface area (Å²) >= 11 is 0. The minimum Gasteiger partial charge on any atom is -0.334 e. The Kier molecular flexibility index (Phi) is 5.44. The first-order chi connectivity index (χ1) is 14.9. The van der Waals surface area contributed by atoms with E-state index in [4.69, 9.17) is 0 Å². The number of fused-ring (bicyclic) bond motifs is 1. The molecule has 0 fully saturated rings. The third kappa shape index (κ3) is 4.28. The van der Waals surface area contributed by atoms with Crippen molar-refractivity contribution in [3.05, 3.63) is 82.3 Å². The van der Waals surface area contributed by atoms with Crippen molar-refractivity contribution in [2.24, 2.45) is 0 Å². The Labute approximate surface area is 179 Å². The van der Waals surface area contributed by atoms with Crippen LogP contribution in [0.1, 0.15) is 31.0 Å². The van der Waals surface area contributed by atoms with Gasteiger partial charge in [-0.25, -0.2) is 9.97 Å². The minimum absolute atomic E-state index is 0.106. The molecule has 0 atom stereocenters. The molecule has 0 aliphatic carbocycles. The van der Waals surface area contributed by atoms with Crippen LogP contribution in [-0.4, -0.2) is 19.9 Å². The van der Waals surface area contributed by atoms with E-state index < -0.39 is 4.92 Å². The second kappa shape index (κ2) is 8.35. The molecule has 8 nitrogen and oxygen atoms in total. The Hall–Kier alpha value is -4.07. The van der Waals surface area contributed by atoms with Gasteiger partial charge in [0.1, 0.15) is 6.33 Å². The van der Waals surface area contributed by atoms with Gasteiger partial charge in [0.2, 0.25) is 11.6 Å². The van der Waals surface area contributed by atoms with Crippen LogP contribution in [0.25, 0.3) is 10.9 Å². The molecule has 4 aromatic rings. The molecule has 0 bridgehead atoms. The lowest BCUT2D eigenvalue weighted by Crippen LogP contribution is -2.06. The van der Waals surface area contributed by atoms with E-state index >= 15 is 0 Å². The van der Waals surface area contributed by atoms with Gasteiger partial charge in [-0.3, -0.25) is 15.1 Å². The van der Waals surface area contributed by atoms with Crippen LogP contribution in [0.5, 0.6) is 0 Å². The summed E-state index contributed by atoms with van der Waals surface area (Å²) < 4.78 is 0. The minimum atomic E-state index is -0.485. The summed E-state index contributed by atoms with van der Waals surface area (Å²) in [6.45, 7) is 6.14. The molecule has 0 aliphatic rings. The van der Waals surface area contributed by atoms with E-state index in [1.165, 1.54) is 11.9 Å². The van der Waals surface area contributed by atoms with E-state index in [9.17, 15) is 10.1 Å². The Bertz CT molecular complexity index is 1250. The fourth-order valence-corrected chi connectivity index (χ4v) is 3.32. The number of anilines is 4. The van der Waals surface area contributed by atoms with E-state index in [0.717, 1.165) is 16.6 Å². The van der Waals surface area contributed by atoms with Crippen LogP contribution in [0.2, 0.25) is 0 Å². The lowest BCUT2D eigenvalue weighted by Gasteiger charge is -2.12. The fraction of sp³-hybridized carbons (Fsp3) is 0.174. The summed E-state index contributed by atoms with van der Waals surface area (Å²) in [5.41, 5.74) is 4.04. The molecule has 2 heterocycles. The first-order valence-corrected chi connectivity index (χ1v) is 9.92. The van der Waals surface area contributed by atoms with Crippen LogP contribution in [0, 0.1) is 17.0 Å². The molecule has 2 N–H and O–H groups in total. The third-order valence-corrected chi connectivity index (χ3v) is 4.97. The molecule has 4 rings (SSSR count). The van der Waals surface area contributed by atoms with Gasteiger partial charge in [0.25, 0.3) is 0 Å². The van der Waals surface area contributed by atoms with Crippen molar-refractivity contribution >= 4 is 39.6 Å². The predicted octanol–water partition coefficient (Wildman–Crippen LogP) is 5.85. The monoisotopic (exact) mass is 414 g/mol. The molecule has 0 amide bonds. The smallest absolute Gasteiger partial charge is 0.334 e. The number of aryl methyl sites for hydroxylation is 1. The number of nitrogens with one attached hydrogen (secondary N) is 2. The van der Waals surface area contributed by atoms with E-state index in [-0.39, 0.29) is 17.3 Å². The van der Waals surface area contributed by atoms with Gasteiger partial charge in [0.05, 0.1) is 10.4 Å². The molecule has 156 valence electrons. The topological polar surface area (TPSA) is 106 Å². The average molecular weight is 414 g/mol. The van der Waals surface area contributed by atoms with Gasteiger partial charge in [-0.05, 0) is 54.8 Å². The number of nitrogens with zero attached hydrogens (tertiary/aromatic N) is 4. The summed E-state index contributed by atoms with van der Waals surface area (Å²) in [4.78, 5) is 24.2. The number of hydrogen-bond acceptors (Lipinski definition) is 7. The highest BCUT2D eigenvalue weighted by atomic mass is 16.6. The van der Waals surface area contributed by atoms with Crippen LogP contribution in [0.4, 0.5) is 28.7 Å². The Balaban J connectivity index is 1.70. The second-order valence-corrected chi connectivity index (χ2v) is 7.53. The van der Waals surface area contributed by atoms with Crippen molar-refractivity contribution in [2.45, 2.75) is 26.7 Å². The maximum absolute atomic E-state index is 11.9. The van der Waals surface area contributed by atoms with Gasteiger partial charge in [0.15, 0.2) is 0 Å². The normalized spacial score (nSPS) is 11.0. The third-order valence-electron chi connectivity index (χ3n) is 4.97. The van der Waals surface area contributed by atoms with Gasteiger partial charge in [0, 0.05) is 22.5 Å². The molecule has 2 aromatic heterocycles. The summed E-state index contributed by atoms with van der Waals surface area (Å²) in [5.74, 6) is 0.626. The summed E-state index contributed by atoms with van der Waals surface area (Å²) in [6.07, 6.45) is 1.30. The zero-order chi connectivity index (χ0) is 22.0. The standard InChI is InChI=1S/C23H22N6O2/c1-14(2)16-8-10-17(11-9-16)27-22-21(29(30)31)23(25-13-24-22)28-20-6-4-5-19-18(20)12-7-15(3)26-19/h4-14H,1-3H3,(H2,24,25,27,28). The molecule has 0 radical (unpaired) electrons. The highest BCUT2D eigenvalue weighted by molar-refractivity contribution is 5.94. The maximum Gasteiger partial charge on any atom is 0.353 e. The molecular weight excluding hydrogens is 392 g/mol. The first-order valence-electron chi connectivity index (χ1n) is 9.92. The molecule has 0 aliphatic heterocycles. The molecular formula is C23H22N6O2. The maximum atomic E-state index is 11.9. The van der Waals surface area contributed by atoms with Gasteiger partial charge >= 0.3 is 5.69 Å². The predicted molar refractivity (Wildman–Crippen MR) is 122 cm³/mol. The lowest BCUT2D eigenvalue weighted by atomic mass is 10.0. The highest BCUT2D eigenvalue weighted by Gasteiger charge is 2.24. The quantitative estimate of drug-likeness (QED) is 0.301. The van der Waals surface area contributed by atoms with Crippen molar-refractivity contribution in [3.63, 3.8) is 0 Å². The van der Waals surface area contributed by atoms with Crippen molar-refractivity contribution in [2.75, 3.05) is 10.6 Å². The summed E-state index contributed by atoms with van der Waals surface area (Å²) in [7, 11) is 0. The van der Waals surface area contributed by atoms with Crippen LogP contribution < -0.4 is 10.6 Å². The second-order valence-electron chi connectivity index (χ2n) is 7.53. The summed E-state index contributed by atoms with van der Waals surface area (Å²) in [5, 5.41) is 18.9. The van der Waals surface area contributed by atoms with Gasteiger partial charge < -0.3 is 10.6 Å². The Morgan fingerprint density at radius 3 is 2.32 bits per heavy atom. The van der Waals surface area contributed by atoms with Crippen LogP contribution in [0.15, 0.2) is 60.9 Å². The SMILES string of the molecule is Cc1ccc2c(Nc3ncnc(Nc4ccc(C(C)C)cc4)c3[N+](=O)[O-])cccc2n1. The first kappa shape index (κ1) is 20.2. The molecule has 2 aromatic carbocycles. The van der Waals surface area contributed by atoms with Crippen LogP contribution >= 0.6 is 0 Å². The number of nitro groups is 1. The molecule has 8 heteroatoms. The van der Waals surface area contributed by atoms with E-state index in [2.05, 4.69) is 39.4 Å². The number of pyridine rings is 1. The number of rotatable bonds is 6. The largest absolute Gasteiger partial charge is 0.353 e. The molecule has 0 unspecified atom stereocenters. The average Bonchev–Trinajstić information content (AvgIpc) is 2.74. The number of aromatic nitrogens is 3. The zero-order valence-corrected chi connectivity index (χ0v) is 17.5. The van der Waals surface area contributed by atoms with Crippen LogP contribution in [0.3, 0.4) is 0 Å². The van der Waals surface area contributed by atoms with E-state index in [1.807, 2.05) is 61.5 Å². The Morgan fingerprint density at radius 1 is 0.935 bits per heavy atom. The van der Waals surface area contributed by atoms with Crippen LogP contribution in [-0.2, 0) is 0 Å². The summed E-state index contributed by atoms with van der Waals surface area (Å²) in [6, 6.07) is 17.2. The van der Waals surface area contributed by atoms with E-state index in [0.29, 0.717) is 17.3 Å². The van der Waals surface area contributed by atoms with Gasteiger partial charge in [-0.15, -0.1) is 0 Å². The van der Waals surface area contributed by atoms with Crippen molar-refractivity contribution < 1.29 is 4.92 Å². The fourth-order valence-electron chi connectivity index (χ4n) is 3.32. The molecule has 0 saturated carbocycles. The Morgan fingerprint density at radius 2 is 1.65 bits per heavy atom. The highest BCUT2D eigenvalue weighted by Crippen LogP contribution is 2.34. The van der Waals surface area contributed by atoms with Gasteiger partial charge in [-0.1, -0.05) is 32.0 Å². The number of hydrogen-bond donors (Lipinski definition) is 2. The van der Waals surface area contributed by atoms with Crippen molar-refractivity contribution in [3.8, 4) is 0 Å². The van der Waals surface area contributed by atoms with E-state index in [1.54, 1.807) is 0 Å². The van der Waals surface area contributed by atoms with Crippen molar-refractivity contribution in [1.29, 1.82) is 0 Å². The molecule has 0 spiro atoms. The zero-order valence-electron chi connectivity index (χ0n) is 17.5. The molecule has 0 saturated heterocycles. The molecule has 31 heavy (non-hydrogen) atoms. The lowest BCUT2D eigenvalue weighted by molar-refractivity contribution is -0.383.